The standard InChI is InChI=1S/C18H22N6OS/c1-3-24-17(19-10-20-24)16(12-5-6-12)23-15(25)9-26-18-21-13-7-4-11(2)8-14(13)22-18/h4,7-8,10,12,16H,3,5-6,9H2,1-2H3,(H,21,22)(H,23,25)/t16-/m1/s1. The maximum absolute atomic E-state index is 12.5. The first kappa shape index (κ1) is 17.1. The third kappa shape index (κ3) is 3.60. The summed E-state index contributed by atoms with van der Waals surface area (Å²) in [5.41, 5.74) is 3.10. The van der Waals surface area contributed by atoms with Crippen LogP contribution in [0, 0.1) is 12.8 Å². The van der Waals surface area contributed by atoms with E-state index in [1.807, 2.05) is 30.7 Å². The molecule has 4 rings (SSSR count). The summed E-state index contributed by atoms with van der Waals surface area (Å²) in [5.74, 6) is 1.64. The third-order valence-corrected chi connectivity index (χ3v) is 5.46. The van der Waals surface area contributed by atoms with Crippen LogP contribution in [0.3, 0.4) is 0 Å². The minimum absolute atomic E-state index is 0.00538. The molecule has 0 aliphatic heterocycles. The number of rotatable bonds is 7. The SMILES string of the molecule is CCn1ncnc1[C@H](NC(=O)CSc1nc2ccc(C)cc2[nH]1)C1CC1. The van der Waals surface area contributed by atoms with Gasteiger partial charge in [0.05, 0.1) is 22.8 Å². The number of nitrogens with one attached hydrogen (secondary N) is 2. The summed E-state index contributed by atoms with van der Waals surface area (Å²) in [6.07, 6.45) is 3.81. The number of thioether (sulfide) groups is 1. The molecule has 0 unspecified atom stereocenters. The van der Waals surface area contributed by atoms with E-state index in [-0.39, 0.29) is 11.9 Å². The van der Waals surface area contributed by atoms with Crippen LogP contribution >= 0.6 is 11.8 Å². The average Bonchev–Trinajstić information content (AvgIpc) is 3.22. The zero-order valence-corrected chi connectivity index (χ0v) is 15.7. The van der Waals surface area contributed by atoms with Crippen molar-refractivity contribution in [2.75, 3.05) is 5.75 Å². The molecule has 2 aromatic heterocycles. The number of aromatic nitrogens is 5. The molecule has 1 saturated carbocycles. The van der Waals surface area contributed by atoms with Crippen LogP contribution in [0.1, 0.15) is 37.2 Å². The van der Waals surface area contributed by atoms with Gasteiger partial charge in [-0.3, -0.25) is 4.79 Å². The van der Waals surface area contributed by atoms with Crippen LogP contribution < -0.4 is 5.32 Å². The van der Waals surface area contributed by atoms with E-state index in [1.165, 1.54) is 17.3 Å². The summed E-state index contributed by atoms with van der Waals surface area (Å²) in [6, 6.07) is 6.04. The molecular weight excluding hydrogens is 348 g/mol. The molecule has 1 aliphatic carbocycles. The van der Waals surface area contributed by atoms with Crippen molar-refractivity contribution >= 4 is 28.7 Å². The second-order valence-corrected chi connectivity index (χ2v) is 7.63. The largest absolute Gasteiger partial charge is 0.345 e. The Hall–Kier alpha value is -2.35. The number of nitrogens with zero attached hydrogens (tertiary/aromatic N) is 4. The van der Waals surface area contributed by atoms with Gasteiger partial charge in [-0.25, -0.2) is 14.6 Å². The summed E-state index contributed by atoms with van der Waals surface area (Å²) in [7, 11) is 0. The van der Waals surface area contributed by atoms with Gasteiger partial charge in [-0.15, -0.1) is 0 Å². The van der Waals surface area contributed by atoms with Crippen molar-refractivity contribution in [2.24, 2.45) is 5.92 Å². The third-order valence-electron chi connectivity index (χ3n) is 4.59. The van der Waals surface area contributed by atoms with Crippen molar-refractivity contribution < 1.29 is 4.79 Å². The molecule has 0 saturated heterocycles. The van der Waals surface area contributed by atoms with Crippen molar-refractivity contribution in [3.8, 4) is 0 Å². The molecular formula is C18H22N6OS. The number of aryl methyl sites for hydroxylation is 2. The first-order valence-electron chi connectivity index (χ1n) is 8.90. The van der Waals surface area contributed by atoms with Crippen molar-refractivity contribution in [1.82, 2.24) is 30.0 Å². The minimum atomic E-state index is -0.0520. The van der Waals surface area contributed by atoms with Gasteiger partial charge in [0.2, 0.25) is 5.91 Å². The molecule has 136 valence electrons. The summed E-state index contributed by atoms with van der Waals surface area (Å²) >= 11 is 1.42. The summed E-state index contributed by atoms with van der Waals surface area (Å²) < 4.78 is 1.86. The molecule has 1 amide bonds. The van der Waals surface area contributed by atoms with E-state index in [0.717, 1.165) is 41.4 Å². The molecule has 0 spiro atoms. The Morgan fingerprint density at radius 1 is 1.46 bits per heavy atom. The normalized spacial score (nSPS) is 15.3. The molecule has 0 radical (unpaired) electrons. The van der Waals surface area contributed by atoms with Gasteiger partial charge in [0.25, 0.3) is 0 Å². The number of aromatic amines is 1. The van der Waals surface area contributed by atoms with Crippen LogP contribution in [-0.4, -0.2) is 36.4 Å². The zero-order valence-electron chi connectivity index (χ0n) is 14.9. The lowest BCUT2D eigenvalue weighted by Crippen LogP contribution is -2.33. The number of carbonyl (C=O) groups is 1. The maximum Gasteiger partial charge on any atom is 0.231 e. The first-order chi connectivity index (χ1) is 12.6. The smallest absolute Gasteiger partial charge is 0.231 e. The molecule has 1 aliphatic rings. The quantitative estimate of drug-likeness (QED) is 0.624. The fourth-order valence-corrected chi connectivity index (χ4v) is 3.79. The molecule has 1 fully saturated rings. The average molecular weight is 370 g/mol. The molecule has 0 bridgehead atoms. The van der Waals surface area contributed by atoms with E-state index < -0.39 is 0 Å². The highest BCUT2D eigenvalue weighted by atomic mass is 32.2. The van der Waals surface area contributed by atoms with Gasteiger partial charge in [-0.2, -0.15) is 5.10 Å². The van der Waals surface area contributed by atoms with Crippen molar-refractivity contribution in [3.63, 3.8) is 0 Å². The van der Waals surface area contributed by atoms with E-state index in [9.17, 15) is 4.79 Å². The Balaban J connectivity index is 1.40. The lowest BCUT2D eigenvalue weighted by Gasteiger charge is -2.17. The lowest BCUT2D eigenvalue weighted by molar-refractivity contribution is -0.119. The van der Waals surface area contributed by atoms with Gasteiger partial charge >= 0.3 is 0 Å². The number of amides is 1. The minimum Gasteiger partial charge on any atom is -0.345 e. The van der Waals surface area contributed by atoms with Crippen LogP contribution in [0.5, 0.6) is 0 Å². The van der Waals surface area contributed by atoms with Crippen molar-refractivity contribution in [1.29, 1.82) is 0 Å². The Morgan fingerprint density at radius 2 is 2.31 bits per heavy atom. The molecule has 1 atom stereocenters. The van der Waals surface area contributed by atoms with Crippen LogP contribution in [0.2, 0.25) is 0 Å². The van der Waals surface area contributed by atoms with Crippen LogP contribution in [0.4, 0.5) is 0 Å². The molecule has 7 nitrogen and oxygen atoms in total. The molecule has 8 heteroatoms. The first-order valence-corrected chi connectivity index (χ1v) is 9.89. The number of fused-ring (bicyclic) bond motifs is 1. The maximum atomic E-state index is 12.5. The number of hydrogen-bond donors (Lipinski definition) is 2. The van der Waals surface area contributed by atoms with E-state index in [2.05, 4.69) is 31.4 Å². The fraction of sp³-hybridized carbons (Fsp3) is 0.444. The molecule has 2 heterocycles. The Labute approximate surface area is 156 Å². The number of H-pyrrole nitrogens is 1. The molecule has 1 aromatic carbocycles. The Kier molecular flexibility index (Phi) is 4.67. The summed E-state index contributed by atoms with van der Waals surface area (Å²) in [6.45, 7) is 4.83. The van der Waals surface area contributed by atoms with Gasteiger partial charge in [-0.1, -0.05) is 17.8 Å². The van der Waals surface area contributed by atoms with E-state index >= 15 is 0 Å². The van der Waals surface area contributed by atoms with Gasteiger partial charge in [0.1, 0.15) is 12.2 Å². The Bertz CT molecular complexity index is 929. The fourth-order valence-electron chi connectivity index (χ4n) is 3.10. The van der Waals surface area contributed by atoms with Crippen LogP contribution in [0.25, 0.3) is 11.0 Å². The second kappa shape index (κ2) is 7.11. The van der Waals surface area contributed by atoms with Gasteiger partial charge in [-0.05, 0) is 50.3 Å². The number of benzene rings is 1. The number of carbonyl (C=O) groups excluding carboxylic acids is 1. The van der Waals surface area contributed by atoms with Crippen LogP contribution in [0.15, 0.2) is 29.7 Å². The van der Waals surface area contributed by atoms with Gasteiger partial charge in [0.15, 0.2) is 5.16 Å². The van der Waals surface area contributed by atoms with E-state index in [4.69, 9.17) is 0 Å². The second-order valence-electron chi connectivity index (χ2n) is 6.67. The highest BCUT2D eigenvalue weighted by molar-refractivity contribution is 7.99. The topological polar surface area (TPSA) is 88.5 Å². The highest BCUT2D eigenvalue weighted by Crippen LogP contribution is 2.40. The lowest BCUT2D eigenvalue weighted by atomic mass is 10.1. The predicted molar refractivity (Wildman–Crippen MR) is 101 cm³/mol. The molecule has 3 aromatic rings. The van der Waals surface area contributed by atoms with Crippen molar-refractivity contribution in [3.05, 3.63) is 35.9 Å². The van der Waals surface area contributed by atoms with Crippen molar-refractivity contribution in [2.45, 2.75) is 44.4 Å². The van der Waals surface area contributed by atoms with Gasteiger partial charge in [0, 0.05) is 6.54 Å². The Morgan fingerprint density at radius 3 is 3.08 bits per heavy atom. The summed E-state index contributed by atoms with van der Waals surface area (Å²) in [5, 5.41) is 8.14. The highest BCUT2D eigenvalue weighted by Gasteiger charge is 2.36. The van der Waals surface area contributed by atoms with Crippen LogP contribution in [-0.2, 0) is 11.3 Å². The number of imidazole rings is 1. The van der Waals surface area contributed by atoms with E-state index in [0.29, 0.717) is 11.7 Å². The number of hydrogen-bond acceptors (Lipinski definition) is 5. The molecule has 26 heavy (non-hydrogen) atoms. The van der Waals surface area contributed by atoms with E-state index in [1.54, 1.807) is 6.33 Å². The molecule has 2 N–H and O–H groups in total. The monoisotopic (exact) mass is 370 g/mol. The van der Waals surface area contributed by atoms with Gasteiger partial charge < -0.3 is 10.3 Å². The predicted octanol–water partition coefficient (Wildman–Crippen LogP) is 2.84. The summed E-state index contributed by atoms with van der Waals surface area (Å²) in [4.78, 5) is 24.7. The zero-order chi connectivity index (χ0) is 18.1.